The van der Waals surface area contributed by atoms with Crippen molar-refractivity contribution in [1.29, 1.82) is 0 Å². The molecule has 5 aromatic heterocycles. The molecule has 3 aliphatic rings. The maximum Gasteiger partial charge on any atom is 0.0513 e. The van der Waals surface area contributed by atoms with Crippen LogP contribution in [-0.4, -0.2) is 24.9 Å². The molecule has 68 heavy (non-hydrogen) atoms. The number of fused-ring (bicyclic) bond motifs is 5. The first-order valence-electron chi connectivity index (χ1n) is 25.4. The molecule has 3 aliphatic carbocycles. The van der Waals surface area contributed by atoms with Gasteiger partial charge in [-0.3, -0.25) is 24.9 Å². The Hall–Kier alpha value is -6.85. The Morgan fingerprint density at radius 1 is 0.221 bits per heavy atom. The van der Waals surface area contributed by atoms with Gasteiger partial charge >= 0.3 is 0 Å². The standard InChI is InChI=1S/C63H57N5/c1-6-16-54-40(11-1)21-26-64-59(54)49-32-45(47-34-50(60-55-17-7-2-12-41(55)22-27-65-60)38-51(35-47)61-56-18-8-3-13-42(56)23-28-66-61)31-46(33-49)48-36-52(62-57-19-9-4-14-43(57)24-29-67-62)39-53(37-48)63-58-20-10-5-15-44(58)25-30-68-63/h1-30,45-53H,31-39H2. The number of hydrogen-bond donors (Lipinski definition) is 0. The zero-order valence-electron chi connectivity index (χ0n) is 38.6. The van der Waals surface area contributed by atoms with Crippen LogP contribution in [0.25, 0.3) is 53.9 Å². The minimum atomic E-state index is 0.332. The minimum Gasteiger partial charge on any atom is -0.260 e. The molecule has 6 atom stereocenters. The lowest BCUT2D eigenvalue weighted by atomic mass is 9.58. The number of pyridine rings is 5. The second-order valence-corrected chi connectivity index (χ2v) is 20.7. The van der Waals surface area contributed by atoms with Crippen LogP contribution in [0.5, 0.6) is 0 Å². The van der Waals surface area contributed by atoms with Crippen LogP contribution in [-0.2, 0) is 0 Å². The van der Waals surface area contributed by atoms with E-state index in [0.29, 0.717) is 53.3 Å². The molecule has 3 fully saturated rings. The van der Waals surface area contributed by atoms with E-state index in [0.717, 1.165) is 51.4 Å². The van der Waals surface area contributed by atoms with Crippen LogP contribution in [0.4, 0.5) is 0 Å². The van der Waals surface area contributed by atoms with E-state index >= 15 is 0 Å². The van der Waals surface area contributed by atoms with Gasteiger partial charge in [-0.05, 0) is 139 Å². The van der Waals surface area contributed by atoms with Crippen molar-refractivity contribution in [1.82, 2.24) is 24.9 Å². The second kappa shape index (κ2) is 17.7. The zero-order valence-corrected chi connectivity index (χ0v) is 38.6. The number of aromatic nitrogens is 5. The second-order valence-electron chi connectivity index (χ2n) is 20.7. The minimum absolute atomic E-state index is 0.332. The highest BCUT2D eigenvalue weighted by Crippen LogP contribution is 2.57. The molecule has 5 nitrogen and oxygen atoms in total. The number of benzene rings is 5. The molecule has 0 amide bonds. The Morgan fingerprint density at radius 2 is 0.426 bits per heavy atom. The molecule has 6 unspecified atom stereocenters. The summed E-state index contributed by atoms with van der Waals surface area (Å²) in [7, 11) is 0. The van der Waals surface area contributed by atoms with Crippen LogP contribution >= 0.6 is 0 Å². The van der Waals surface area contributed by atoms with E-state index < -0.39 is 0 Å². The lowest BCUT2D eigenvalue weighted by molar-refractivity contribution is 0.0801. The van der Waals surface area contributed by atoms with Crippen LogP contribution in [0, 0.1) is 23.7 Å². The third-order valence-corrected chi connectivity index (χ3v) is 17.1. The quantitative estimate of drug-likeness (QED) is 0.160. The largest absolute Gasteiger partial charge is 0.260 e. The fourth-order valence-corrected chi connectivity index (χ4v) is 14.1. The van der Waals surface area contributed by atoms with Gasteiger partial charge in [-0.15, -0.1) is 0 Å². The first-order chi connectivity index (χ1) is 33.7. The molecular formula is C63H57N5. The molecule has 10 aromatic rings. The lowest BCUT2D eigenvalue weighted by Gasteiger charge is -2.47. The van der Waals surface area contributed by atoms with Crippen LogP contribution < -0.4 is 0 Å². The SMILES string of the molecule is c1ccc2c(C3CC(c4nccc5ccccc45)CC(C4CC(c5nccc6ccccc56)CC(C5CC(c6nccc7ccccc67)CC(c6nccc7ccccc67)C5)C4)C3)nccc2c1. The average Bonchev–Trinajstić information content (AvgIpc) is 3.41. The van der Waals surface area contributed by atoms with Gasteiger partial charge in [0.25, 0.3) is 0 Å². The Bertz CT molecular complexity index is 3070. The molecule has 5 heterocycles. The maximum atomic E-state index is 5.34. The summed E-state index contributed by atoms with van der Waals surface area (Å²) in [6, 6.07) is 55.6. The Labute approximate surface area is 399 Å². The average molecular weight is 884 g/mol. The summed E-state index contributed by atoms with van der Waals surface area (Å²) < 4.78 is 0. The third-order valence-electron chi connectivity index (χ3n) is 17.1. The van der Waals surface area contributed by atoms with Gasteiger partial charge in [-0.2, -0.15) is 0 Å². The topological polar surface area (TPSA) is 64.5 Å². The van der Waals surface area contributed by atoms with Crippen molar-refractivity contribution in [3.63, 3.8) is 0 Å². The van der Waals surface area contributed by atoms with Gasteiger partial charge in [0.1, 0.15) is 0 Å². The summed E-state index contributed by atoms with van der Waals surface area (Å²) in [4.78, 5) is 26.4. The summed E-state index contributed by atoms with van der Waals surface area (Å²) in [6.07, 6.45) is 20.5. The zero-order chi connectivity index (χ0) is 45.0. The summed E-state index contributed by atoms with van der Waals surface area (Å²) in [6.45, 7) is 0. The molecular weight excluding hydrogens is 827 g/mol. The molecule has 0 spiro atoms. The number of rotatable bonds is 7. The Balaban J connectivity index is 0.929. The number of hydrogen-bond acceptors (Lipinski definition) is 5. The van der Waals surface area contributed by atoms with Crippen molar-refractivity contribution in [2.45, 2.75) is 87.4 Å². The molecule has 5 aromatic carbocycles. The molecule has 3 saturated carbocycles. The van der Waals surface area contributed by atoms with E-state index in [2.05, 4.69) is 183 Å². The Morgan fingerprint density at radius 3 is 0.676 bits per heavy atom. The predicted octanol–water partition coefficient (Wildman–Crippen LogP) is 15.7. The first kappa shape index (κ1) is 41.3. The summed E-state index contributed by atoms with van der Waals surface area (Å²) in [5.41, 5.74) is 6.35. The smallest absolute Gasteiger partial charge is 0.0513 e. The van der Waals surface area contributed by atoms with Gasteiger partial charge in [0.15, 0.2) is 0 Å². The monoisotopic (exact) mass is 883 g/mol. The molecule has 0 N–H and O–H groups in total. The van der Waals surface area contributed by atoms with Crippen molar-refractivity contribution >= 4 is 53.9 Å². The van der Waals surface area contributed by atoms with Gasteiger partial charge in [0.2, 0.25) is 0 Å². The van der Waals surface area contributed by atoms with Gasteiger partial charge in [0.05, 0.1) is 28.5 Å². The normalized spacial score (nSPS) is 25.6. The third kappa shape index (κ3) is 7.61. The van der Waals surface area contributed by atoms with Crippen LogP contribution in [0.2, 0.25) is 0 Å². The molecule has 0 aliphatic heterocycles. The highest BCUT2D eigenvalue weighted by Gasteiger charge is 2.45. The molecule has 334 valence electrons. The predicted molar refractivity (Wildman–Crippen MR) is 278 cm³/mol. The highest BCUT2D eigenvalue weighted by atomic mass is 14.7. The molecule has 13 rings (SSSR count). The Kier molecular flexibility index (Phi) is 10.7. The summed E-state index contributed by atoms with van der Waals surface area (Å²) >= 11 is 0. The molecule has 0 radical (unpaired) electrons. The molecule has 0 saturated heterocycles. The van der Waals surface area contributed by atoms with E-state index in [1.54, 1.807) is 0 Å². The van der Waals surface area contributed by atoms with Crippen molar-refractivity contribution in [3.05, 3.63) is 211 Å². The highest BCUT2D eigenvalue weighted by molar-refractivity contribution is 5.88. The molecule has 0 bridgehead atoms. The summed E-state index contributed by atoms with van der Waals surface area (Å²) in [5, 5.41) is 12.9. The lowest BCUT2D eigenvalue weighted by Crippen LogP contribution is -2.36. The van der Waals surface area contributed by atoms with E-state index in [9.17, 15) is 0 Å². The fourth-order valence-electron chi connectivity index (χ4n) is 14.1. The van der Waals surface area contributed by atoms with E-state index in [4.69, 9.17) is 24.9 Å². The van der Waals surface area contributed by atoms with Crippen LogP contribution in [0.1, 0.15) is 116 Å². The van der Waals surface area contributed by atoms with Crippen molar-refractivity contribution in [3.8, 4) is 0 Å². The number of nitrogens with zero attached hydrogens (tertiary/aromatic N) is 5. The van der Waals surface area contributed by atoms with Gasteiger partial charge in [-0.25, -0.2) is 0 Å². The van der Waals surface area contributed by atoms with Crippen molar-refractivity contribution in [2.75, 3.05) is 0 Å². The van der Waals surface area contributed by atoms with Gasteiger partial charge in [0, 0.05) is 87.5 Å². The first-order valence-corrected chi connectivity index (χ1v) is 25.4. The molecule has 5 heteroatoms. The summed E-state index contributed by atoms with van der Waals surface area (Å²) in [5.74, 6) is 3.76. The van der Waals surface area contributed by atoms with Gasteiger partial charge < -0.3 is 0 Å². The van der Waals surface area contributed by atoms with E-state index in [1.807, 2.05) is 0 Å². The van der Waals surface area contributed by atoms with Crippen LogP contribution in [0.3, 0.4) is 0 Å². The fraction of sp³-hybridized carbons (Fsp3) is 0.286. The van der Waals surface area contributed by atoms with Gasteiger partial charge in [-0.1, -0.05) is 121 Å². The van der Waals surface area contributed by atoms with E-state index in [-0.39, 0.29) is 0 Å². The van der Waals surface area contributed by atoms with E-state index in [1.165, 1.54) is 88.8 Å². The van der Waals surface area contributed by atoms with Crippen molar-refractivity contribution in [2.24, 2.45) is 23.7 Å². The maximum absolute atomic E-state index is 5.34. The van der Waals surface area contributed by atoms with Crippen molar-refractivity contribution < 1.29 is 0 Å². The van der Waals surface area contributed by atoms with Crippen LogP contribution in [0.15, 0.2) is 183 Å².